The van der Waals surface area contributed by atoms with Gasteiger partial charge in [0.1, 0.15) is 6.07 Å². The highest BCUT2D eigenvalue weighted by Crippen LogP contribution is 2.23. The van der Waals surface area contributed by atoms with Crippen LogP contribution in [0.4, 0.5) is 4.79 Å². The zero-order chi connectivity index (χ0) is 23.6. The van der Waals surface area contributed by atoms with Gasteiger partial charge in [0.25, 0.3) is 0 Å². The second-order valence-electron chi connectivity index (χ2n) is 6.06. The Morgan fingerprint density at radius 2 is 1.61 bits per heavy atom. The summed E-state index contributed by atoms with van der Waals surface area (Å²) in [6.45, 7) is 4.60. The van der Waals surface area contributed by atoms with Crippen molar-refractivity contribution in [2.45, 2.75) is 52.2 Å². The number of carbonyl (C=O) groups is 5. The molecule has 0 aromatic rings. The van der Waals surface area contributed by atoms with Crippen LogP contribution in [-0.2, 0) is 42.9 Å². The molecule has 1 rings (SSSR count). The first kappa shape index (κ1) is 25.4. The van der Waals surface area contributed by atoms with Crippen molar-refractivity contribution in [1.82, 2.24) is 10.6 Å². The van der Waals surface area contributed by atoms with Gasteiger partial charge >= 0.3 is 29.9 Å². The first-order valence-corrected chi connectivity index (χ1v) is 9.06. The molecular weight excluding hydrogens is 418 g/mol. The Morgan fingerprint density at radius 3 is 2.13 bits per heavy atom. The first-order valence-electron chi connectivity index (χ1n) is 9.06. The molecule has 0 aliphatic carbocycles. The maximum absolute atomic E-state index is 12.2. The lowest BCUT2D eigenvalue weighted by molar-refractivity contribution is -0.228. The SMILES string of the molecule is CCOC(=O)/C(C#N)=C\NC(=O)N[C@H]1OCC(OC(C)=O)[C@@H](OC(C)=O)[C@@H]1OC(C)=O. The Labute approximate surface area is 177 Å². The fourth-order valence-corrected chi connectivity index (χ4v) is 2.52. The monoisotopic (exact) mass is 441 g/mol. The minimum Gasteiger partial charge on any atom is -0.462 e. The normalized spacial score (nSPS) is 22.9. The zero-order valence-corrected chi connectivity index (χ0v) is 17.3. The van der Waals surface area contributed by atoms with E-state index in [-0.39, 0.29) is 13.2 Å². The van der Waals surface area contributed by atoms with Gasteiger partial charge in [-0.3, -0.25) is 14.4 Å². The van der Waals surface area contributed by atoms with Crippen molar-refractivity contribution >= 4 is 29.9 Å². The van der Waals surface area contributed by atoms with Crippen molar-refractivity contribution in [3.63, 3.8) is 0 Å². The van der Waals surface area contributed by atoms with E-state index in [0.717, 1.165) is 27.0 Å². The van der Waals surface area contributed by atoms with Gasteiger partial charge in [0.15, 0.2) is 30.1 Å². The van der Waals surface area contributed by atoms with E-state index in [1.165, 1.54) is 0 Å². The Bertz CT molecular complexity index is 788. The van der Waals surface area contributed by atoms with Crippen molar-refractivity contribution < 1.29 is 47.7 Å². The molecule has 31 heavy (non-hydrogen) atoms. The molecule has 0 aromatic heterocycles. The average Bonchev–Trinajstić information content (AvgIpc) is 2.66. The molecule has 1 fully saturated rings. The van der Waals surface area contributed by atoms with Crippen LogP contribution < -0.4 is 10.6 Å². The number of urea groups is 1. The van der Waals surface area contributed by atoms with Gasteiger partial charge in [0.2, 0.25) is 0 Å². The number of amides is 2. The van der Waals surface area contributed by atoms with Crippen LogP contribution in [0.3, 0.4) is 0 Å². The summed E-state index contributed by atoms with van der Waals surface area (Å²) in [4.78, 5) is 58.1. The molecule has 170 valence electrons. The standard InChI is InChI=1S/C18H23N3O10/c1-5-27-17(25)12(6-19)7-20-18(26)21-16-15(31-11(4)24)14(30-10(3)23)13(8-28-16)29-9(2)22/h7,13-16H,5,8H2,1-4H3,(H2,20,21,26)/b12-7-/t13?,14-,15+,16+/m1/s1. The maximum Gasteiger partial charge on any atom is 0.350 e. The molecule has 0 saturated carbocycles. The van der Waals surface area contributed by atoms with Gasteiger partial charge in [0, 0.05) is 27.0 Å². The molecule has 1 unspecified atom stereocenters. The predicted octanol–water partition coefficient (Wildman–Crippen LogP) is -0.592. The van der Waals surface area contributed by atoms with Gasteiger partial charge < -0.3 is 34.3 Å². The third-order valence-corrected chi connectivity index (χ3v) is 3.59. The van der Waals surface area contributed by atoms with E-state index in [2.05, 4.69) is 15.4 Å². The summed E-state index contributed by atoms with van der Waals surface area (Å²) in [7, 11) is 0. The van der Waals surface area contributed by atoms with Crippen LogP contribution in [0.1, 0.15) is 27.7 Å². The van der Waals surface area contributed by atoms with E-state index in [4.69, 9.17) is 24.2 Å². The summed E-state index contributed by atoms with van der Waals surface area (Å²) in [5.41, 5.74) is -0.467. The minimum absolute atomic E-state index is 0.0328. The van der Waals surface area contributed by atoms with Crippen molar-refractivity contribution in [3.05, 3.63) is 11.8 Å². The van der Waals surface area contributed by atoms with E-state index < -0.39 is 60.0 Å². The van der Waals surface area contributed by atoms with E-state index in [0.29, 0.717) is 0 Å². The van der Waals surface area contributed by atoms with Gasteiger partial charge in [-0.25, -0.2) is 9.59 Å². The van der Waals surface area contributed by atoms with Crippen LogP contribution >= 0.6 is 0 Å². The predicted molar refractivity (Wildman–Crippen MR) is 98.4 cm³/mol. The van der Waals surface area contributed by atoms with Gasteiger partial charge in [-0.2, -0.15) is 5.26 Å². The van der Waals surface area contributed by atoms with Crippen molar-refractivity contribution in [3.8, 4) is 6.07 Å². The molecule has 13 nitrogen and oxygen atoms in total. The van der Waals surface area contributed by atoms with Gasteiger partial charge in [-0.1, -0.05) is 0 Å². The van der Waals surface area contributed by atoms with Crippen LogP contribution in [0.5, 0.6) is 0 Å². The van der Waals surface area contributed by atoms with E-state index in [1.54, 1.807) is 13.0 Å². The fourth-order valence-electron chi connectivity index (χ4n) is 2.52. The van der Waals surface area contributed by atoms with E-state index in [9.17, 15) is 24.0 Å². The van der Waals surface area contributed by atoms with Crippen LogP contribution in [0.25, 0.3) is 0 Å². The second-order valence-corrected chi connectivity index (χ2v) is 6.06. The summed E-state index contributed by atoms with van der Waals surface area (Å²) in [5, 5.41) is 13.4. The Kier molecular flexibility index (Phi) is 9.93. The summed E-state index contributed by atoms with van der Waals surface area (Å²) in [5.74, 6) is -3.16. The smallest absolute Gasteiger partial charge is 0.350 e. The third kappa shape index (κ3) is 8.31. The first-order chi connectivity index (χ1) is 14.6. The van der Waals surface area contributed by atoms with E-state index in [1.807, 2.05) is 0 Å². The second kappa shape index (κ2) is 12.1. The van der Waals surface area contributed by atoms with Crippen molar-refractivity contribution in [2.24, 2.45) is 0 Å². The Morgan fingerprint density at radius 1 is 1.03 bits per heavy atom. The number of nitrogens with one attached hydrogen (secondary N) is 2. The third-order valence-electron chi connectivity index (χ3n) is 3.59. The number of esters is 4. The number of carbonyl (C=O) groups excluding carboxylic acids is 5. The molecule has 1 saturated heterocycles. The molecule has 1 aliphatic rings. The molecule has 1 heterocycles. The quantitative estimate of drug-likeness (QED) is 0.223. The molecule has 0 radical (unpaired) electrons. The van der Waals surface area contributed by atoms with Crippen LogP contribution in [0.15, 0.2) is 11.8 Å². The highest BCUT2D eigenvalue weighted by Gasteiger charge is 2.47. The molecule has 0 spiro atoms. The molecular formula is C18H23N3O10. The number of nitrogens with zero attached hydrogens (tertiary/aromatic N) is 1. The number of hydrogen-bond acceptors (Lipinski definition) is 11. The van der Waals surface area contributed by atoms with Gasteiger partial charge in [0.05, 0.1) is 13.2 Å². The molecule has 2 N–H and O–H groups in total. The lowest BCUT2D eigenvalue weighted by atomic mass is 10.0. The maximum atomic E-state index is 12.2. The summed E-state index contributed by atoms with van der Waals surface area (Å²) >= 11 is 0. The molecule has 1 aliphatic heterocycles. The highest BCUT2D eigenvalue weighted by molar-refractivity contribution is 5.93. The summed E-state index contributed by atoms with van der Waals surface area (Å²) in [6, 6.07) is 0.632. The lowest BCUT2D eigenvalue weighted by Gasteiger charge is -2.40. The Balaban J connectivity index is 3.00. The number of ether oxygens (including phenoxy) is 5. The number of hydrogen-bond donors (Lipinski definition) is 2. The van der Waals surface area contributed by atoms with Crippen LogP contribution in [0.2, 0.25) is 0 Å². The van der Waals surface area contributed by atoms with Gasteiger partial charge in [-0.05, 0) is 6.92 Å². The molecule has 0 bridgehead atoms. The van der Waals surface area contributed by atoms with Crippen molar-refractivity contribution in [2.75, 3.05) is 13.2 Å². The number of rotatable bonds is 7. The van der Waals surface area contributed by atoms with Crippen molar-refractivity contribution in [1.29, 1.82) is 5.26 Å². The number of nitriles is 1. The van der Waals surface area contributed by atoms with E-state index >= 15 is 0 Å². The molecule has 2 amide bonds. The topological polar surface area (TPSA) is 179 Å². The lowest BCUT2D eigenvalue weighted by Crippen LogP contribution is -2.62. The van der Waals surface area contributed by atoms with Crippen LogP contribution in [0, 0.1) is 11.3 Å². The fraction of sp³-hybridized carbons (Fsp3) is 0.556. The van der Waals surface area contributed by atoms with Gasteiger partial charge in [-0.15, -0.1) is 0 Å². The zero-order valence-electron chi connectivity index (χ0n) is 17.3. The Hall–Kier alpha value is -3.66. The largest absolute Gasteiger partial charge is 0.462 e. The summed E-state index contributed by atoms with van der Waals surface area (Å²) < 4.78 is 25.4. The molecule has 0 aromatic carbocycles. The molecule has 4 atom stereocenters. The average molecular weight is 441 g/mol. The highest BCUT2D eigenvalue weighted by atomic mass is 16.6. The summed E-state index contributed by atoms with van der Waals surface area (Å²) in [6.07, 6.45) is -4.23. The minimum atomic E-state index is -1.37. The molecule has 13 heteroatoms. The van der Waals surface area contributed by atoms with Crippen LogP contribution in [-0.4, -0.2) is 67.7 Å².